The van der Waals surface area contributed by atoms with Crippen molar-refractivity contribution in [1.82, 2.24) is 0 Å². The largest absolute Gasteiger partial charge is 0.480 e. The highest BCUT2D eigenvalue weighted by molar-refractivity contribution is 5.99. The van der Waals surface area contributed by atoms with Gasteiger partial charge in [-0.1, -0.05) is 46.0 Å². The van der Waals surface area contributed by atoms with Crippen molar-refractivity contribution in [2.45, 2.75) is 58.8 Å². The monoisotopic (exact) mass is 256 g/mol. The van der Waals surface area contributed by atoms with Gasteiger partial charge in [0.25, 0.3) is 0 Å². The van der Waals surface area contributed by atoms with E-state index in [1.165, 1.54) is 0 Å². The summed E-state index contributed by atoms with van der Waals surface area (Å²) in [6.07, 6.45) is 5.66. The Morgan fingerprint density at radius 1 is 1.06 bits per heavy atom. The molecule has 104 valence electrons. The molecule has 4 heteroatoms. The van der Waals surface area contributed by atoms with Crippen LogP contribution in [0.15, 0.2) is 0 Å². The maximum atomic E-state index is 11.7. The molecule has 0 spiro atoms. The minimum absolute atomic E-state index is 0.217. The molecule has 18 heavy (non-hydrogen) atoms. The lowest BCUT2D eigenvalue weighted by atomic mass is 9.60. The summed E-state index contributed by atoms with van der Waals surface area (Å²) >= 11 is 0. The van der Waals surface area contributed by atoms with Gasteiger partial charge in [-0.3, -0.25) is 9.59 Å². The number of hydrogen-bond donors (Lipinski definition) is 2. The number of carboxylic acids is 2. The van der Waals surface area contributed by atoms with E-state index in [4.69, 9.17) is 0 Å². The van der Waals surface area contributed by atoms with Crippen molar-refractivity contribution in [2.75, 3.05) is 0 Å². The molecule has 1 fully saturated rings. The number of rotatable bonds is 6. The van der Waals surface area contributed by atoms with E-state index in [-0.39, 0.29) is 11.8 Å². The molecule has 0 aromatic carbocycles. The zero-order chi connectivity index (χ0) is 13.8. The fraction of sp³-hybridized carbons (Fsp3) is 0.857. The predicted octanol–water partition coefficient (Wildman–Crippen LogP) is 3.16. The second-order valence-electron chi connectivity index (χ2n) is 5.33. The molecular weight excluding hydrogens is 232 g/mol. The van der Waals surface area contributed by atoms with Gasteiger partial charge in [-0.25, -0.2) is 0 Å². The first-order chi connectivity index (χ1) is 8.51. The normalized spacial score (nSPS) is 17.9. The van der Waals surface area contributed by atoms with Crippen LogP contribution >= 0.6 is 0 Å². The first-order valence-corrected chi connectivity index (χ1v) is 6.98. The third-order valence-electron chi connectivity index (χ3n) is 4.59. The van der Waals surface area contributed by atoms with Crippen molar-refractivity contribution in [3.05, 3.63) is 0 Å². The van der Waals surface area contributed by atoms with E-state index in [2.05, 4.69) is 0 Å². The molecule has 0 saturated heterocycles. The van der Waals surface area contributed by atoms with Crippen molar-refractivity contribution in [2.24, 2.45) is 17.3 Å². The van der Waals surface area contributed by atoms with Gasteiger partial charge in [0.15, 0.2) is 5.41 Å². The molecule has 1 saturated carbocycles. The number of carboxylic acid groups (broad SMARTS) is 2. The smallest absolute Gasteiger partial charge is 0.321 e. The third-order valence-corrected chi connectivity index (χ3v) is 4.59. The quantitative estimate of drug-likeness (QED) is 0.716. The number of aliphatic carboxylic acids is 2. The minimum atomic E-state index is -1.58. The summed E-state index contributed by atoms with van der Waals surface area (Å²) in [5.74, 6) is -2.78. The predicted molar refractivity (Wildman–Crippen MR) is 68.4 cm³/mol. The molecular formula is C14H24O4. The highest BCUT2D eigenvalue weighted by Gasteiger charge is 2.56. The van der Waals surface area contributed by atoms with Crippen molar-refractivity contribution in [3.8, 4) is 0 Å². The Bertz CT molecular complexity index is 287. The van der Waals surface area contributed by atoms with Crippen LogP contribution in [0.2, 0.25) is 0 Å². The van der Waals surface area contributed by atoms with Crippen molar-refractivity contribution < 1.29 is 19.8 Å². The van der Waals surface area contributed by atoms with E-state index < -0.39 is 17.4 Å². The van der Waals surface area contributed by atoms with Crippen LogP contribution in [0.1, 0.15) is 58.8 Å². The van der Waals surface area contributed by atoms with Crippen molar-refractivity contribution in [1.29, 1.82) is 0 Å². The molecule has 0 atom stereocenters. The molecule has 1 aliphatic carbocycles. The molecule has 0 heterocycles. The van der Waals surface area contributed by atoms with Crippen LogP contribution in [0.3, 0.4) is 0 Å². The van der Waals surface area contributed by atoms with Gasteiger partial charge in [-0.05, 0) is 24.7 Å². The van der Waals surface area contributed by atoms with E-state index in [0.717, 1.165) is 32.1 Å². The first-order valence-electron chi connectivity index (χ1n) is 6.98. The van der Waals surface area contributed by atoms with Crippen LogP contribution < -0.4 is 0 Å². The first kappa shape index (κ1) is 15.0. The molecule has 0 aliphatic heterocycles. The lowest BCUT2D eigenvalue weighted by Gasteiger charge is -2.40. The summed E-state index contributed by atoms with van der Waals surface area (Å²) in [6, 6.07) is 0. The van der Waals surface area contributed by atoms with Gasteiger partial charge in [-0.2, -0.15) is 0 Å². The van der Waals surface area contributed by atoms with Gasteiger partial charge in [-0.15, -0.1) is 0 Å². The molecule has 2 N–H and O–H groups in total. The van der Waals surface area contributed by atoms with Gasteiger partial charge >= 0.3 is 11.9 Å². The zero-order valence-corrected chi connectivity index (χ0v) is 11.3. The van der Waals surface area contributed by atoms with E-state index in [9.17, 15) is 19.8 Å². The van der Waals surface area contributed by atoms with Crippen molar-refractivity contribution in [3.63, 3.8) is 0 Å². The van der Waals surface area contributed by atoms with Crippen LogP contribution in [-0.2, 0) is 9.59 Å². The lowest BCUT2D eigenvalue weighted by Crippen LogP contribution is -2.51. The van der Waals surface area contributed by atoms with E-state index >= 15 is 0 Å². The van der Waals surface area contributed by atoms with Gasteiger partial charge in [0, 0.05) is 0 Å². The van der Waals surface area contributed by atoms with E-state index in [0.29, 0.717) is 12.8 Å². The Balaban J connectivity index is 3.19. The second kappa shape index (κ2) is 6.21. The highest BCUT2D eigenvalue weighted by Crippen LogP contribution is 2.47. The molecule has 1 rings (SSSR count). The number of carbonyl (C=O) groups is 2. The lowest BCUT2D eigenvalue weighted by molar-refractivity contribution is -0.177. The summed E-state index contributed by atoms with van der Waals surface area (Å²) in [5.41, 5.74) is -1.58. The molecule has 0 bridgehead atoms. The Kier molecular flexibility index (Phi) is 5.17. The maximum absolute atomic E-state index is 11.7. The standard InChI is InChI=1S/C14H24O4/c1-3-10(4-2)14(12(15)16,13(17)18)11-8-6-5-7-9-11/h10-11H,3-9H2,1-2H3,(H,15,16)(H,17,18). The van der Waals surface area contributed by atoms with Gasteiger partial charge in [0.1, 0.15) is 0 Å². The average molecular weight is 256 g/mol. The fourth-order valence-electron chi connectivity index (χ4n) is 3.61. The van der Waals surface area contributed by atoms with Crippen LogP contribution in [0.4, 0.5) is 0 Å². The second-order valence-corrected chi connectivity index (χ2v) is 5.33. The van der Waals surface area contributed by atoms with Gasteiger partial charge in [0.2, 0.25) is 0 Å². The molecule has 0 aromatic heterocycles. The van der Waals surface area contributed by atoms with Crippen molar-refractivity contribution >= 4 is 11.9 Å². The molecule has 1 aliphatic rings. The van der Waals surface area contributed by atoms with Gasteiger partial charge in [0.05, 0.1) is 0 Å². The molecule has 4 nitrogen and oxygen atoms in total. The molecule has 0 radical (unpaired) electrons. The van der Waals surface area contributed by atoms with Crippen LogP contribution in [0.5, 0.6) is 0 Å². The van der Waals surface area contributed by atoms with Crippen LogP contribution in [-0.4, -0.2) is 22.2 Å². The summed E-state index contributed by atoms with van der Waals surface area (Å²) in [6.45, 7) is 3.77. The molecule has 0 amide bonds. The Hall–Kier alpha value is -1.06. The summed E-state index contributed by atoms with van der Waals surface area (Å²) in [4.78, 5) is 23.5. The molecule has 0 aromatic rings. The summed E-state index contributed by atoms with van der Waals surface area (Å²) < 4.78 is 0. The highest BCUT2D eigenvalue weighted by atomic mass is 16.4. The number of hydrogen-bond acceptors (Lipinski definition) is 2. The topological polar surface area (TPSA) is 74.6 Å². The van der Waals surface area contributed by atoms with E-state index in [1.807, 2.05) is 13.8 Å². The van der Waals surface area contributed by atoms with Crippen LogP contribution in [0.25, 0.3) is 0 Å². The SMILES string of the molecule is CCC(CC)C(C(=O)O)(C(=O)O)C1CCCCC1. The minimum Gasteiger partial charge on any atom is -0.480 e. The molecule has 0 unspecified atom stereocenters. The average Bonchev–Trinajstić information content (AvgIpc) is 2.35. The summed E-state index contributed by atoms with van der Waals surface area (Å²) in [5, 5.41) is 19.2. The van der Waals surface area contributed by atoms with Gasteiger partial charge < -0.3 is 10.2 Å². The summed E-state index contributed by atoms with van der Waals surface area (Å²) in [7, 11) is 0. The Morgan fingerprint density at radius 3 is 1.83 bits per heavy atom. The van der Waals surface area contributed by atoms with E-state index in [1.54, 1.807) is 0 Å². The Morgan fingerprint density at radius 2 is 1.50 bits per heavy atom. The Labute approximate surface area is 108 Å². The maximum Gasteiger partial charge on any atom is 0.321 e. The third kappa shape index (κ3) is 2.38. The zero-order valence-electron chi connectivity index (χ0n) is 11.3. The van der Waals surface area contributed by atoms with Crippen LogP contribution in [0, 0.1) is 17.3 Å². The fourth-order valence-corrected chi connectivity index (χ4v) is 3.61.